The lowest BCUT2D eigenvalue weighted by molar-refractivity contribution is -0.146. The first-order valence-corrected chi connectivity index (χ1v) is 11.0. The third-order valence-corrected chi connectivity index (χ3v) is 6.92. The number of likely N-dealkylation sites (tertiary alicyclic amines) is 1. The number of amides is 2. The van der Waals surface area contributed by atoms with Crippen molar-refractivity contribution >= 4 is 11.8 Å². The Morgan fingerprint density at radius 1 is 0.967 bits per heavy atom. The summed E-state index contributed by atoms with van der Waals surface area (Å²) in [6.45, 7) is 3.51. The van der Waals surface area contributed by atoms with Crippen molar-refractivity contribution in [3.63, 3.8) is 0 Å². The van der Waals surface area contributed by atoms with Crippen LogP contribution in [0, 0.1) is 17.3 Å². The normalized spacial score (nSPS) is 22.4. The van der Waals surface area contributed by atoms with Crippen LogP contribution in [0.1, 0.15) is 31.7 Å². The summed E-state index contributed by atoms with van der Waals surface area (Å²) in [5.74, 6) is 1.21. The van der Waals surface area contributed by atoms with E-state index in [2.05, 4.69) is 43.3 Å². The molecule has 2 atom stereocenters. The third kappa shape index (κ3) is 4.14. The standard InChI is InChI=1S/C26H32N2O2/c1-19-17-23(19)24(29)28-15-13-26(14-16-28,25(30)27(2)3)18-20-9-11-22(12-10-20)21-7-5-4-6-8-21/h4-12,19,23H,13-18H2,1-3H3/t19-,23-/m1/s1. The van der Waals surface area contributed by atoms with Crippen LogP contribution < -0.4 is 0 Å². The predicted octanol–water partition coefficient (Wildman–Crippen LogP) is 4.25. The molecule has 0 aromatic heterocycles. The van der Waals surface area contributed by atoms with Gasteiger partial charge in [-0.2, -0.15) is 0 Å². The van der Waals surface area contributed by atoms with Gasteiger partial charge in [-0.1, -0.05) is 61.5 Å². The molecule has 1 aliphatic carbocycles. The van der Waals surface area contributed by atoms with Gasteiger partial charge in [-0.05, 0) is 48.3 Å². The average molecular weight is 405 g/mol. The van der Waals surface area contributed by atoms with Crippen molar-refractivity contribution in [2.45, 2.75) is 32.6 Å². The fraction of sp³-hybridized carbons (Fsp3) is 0.462. The minimum atomic E-state index is -0.427. The topological polar surface area (TPSA) is 40.6 Å². The van der Waals surface area contributed by atoms with Crippen LogP contribution in [-0.4, -0.2) is 48.8 Å². The highest BCUT2D eigenvalue weighted by Crippen LogP contribution is 2.42. The summed E-state index contributed by atoms with van der Waals surface area (Å²) in [5.41, 5.74) is 3.14. The van der Waals surface area contributed by atoms with E-state index in [1.807, 2.05) is 37.2 Å². The number of rotatable bonds is 5. The molecule has 2 aromatic carbocycles. The lowest BCUT2D eigenvalue weighted by atomic mass is 9.72. The highest BCUT2D eigenvalue weighted by Gasteiger charge is 2.46. The third-order valence-electron chi connectivity index (χ3n) is 6.92. The summed E-state index contributed by atoms with van der Waals surface area (Å²) in [6, 6.07) is 18.9. The Labute approximate surface area is 179 Å². The predicted molar refractivity (Wildman–Crippen MR) is 120 cm³/mol. The van der Waals surface area contributed by atoms with Crippen LogP contribution in [0.3, 0.4) is 0 Å². The lowest BCUT2D eigenvalue weighted by Gasteiger charge is -2.42. The smallest absolute Gasteiger partial charge is 0.228 e. The molecule has 0 bridgehead atoms. The summed E-state index contributed by atoms with van der Waals surface area (Å²) in [4.78, 5) is 29.6. The molecule has 1 saturated heterocycles. The van der Waals surface area contributed by atoms with Crippen LogP contribution in [-0.2, 0) is 16.0 Å². The first-order chi connectivity index (χ1) is 14.4. The molecule has 0 spiro atoms. The van der Waals surface area contributed by atoms with Gasteiger partial charge in [0.1, 0.15) is 0 Å². The Bertz CT molecular complexity index is 896. The largest absolute Gasteiger partial charge is 0.348 e. The van der Waals surface area contributed by atoms with E-state index in [4.69, 9.17) is 0 Å². The summed E-state index contributed by atoms with van der Waals surface area (Å²) in [5, 5.41) is 0. The van der Waals surface area contributed by atoms with Crippen molar-refractivity contribution in [3.05, 3.63) is 60.2 Å². The number of nitrogens with zero attached hydrogens (tertiary/aromatic N) is 2. The second-order valence-electron chi connectivity index (χ2n) is 9.36. The van der Waals surface area contributed by atoms with Gasteiger partial charge in [-0.15, -0.1) is 0 Å². The molecular formula is C26H32N2O2. The molecule has 4 nitrogen and oxygen atoms in total. The Morgan fingerprint density at radius 2 is 1.53 bits per heavy atom. The number of carbonyl (C=O) groups is 2. The molecule has 4 rings (SSSR count). The molecular weight excluding hydrogens is 372 g/mol. The van der Waals surface area contributed by atoms with Gasteiger partial charge < -0.3 is 9.80 Å². The first kappa shape index (κ1) is 20.6. The van der Waals surface area contributed by atoms with E-state index in [1.165, 1.54) is 16.7 Å². The average Bonchev–Trinajstić information content (AvgIpc) is 3.51. The quantitative estimate of drug-likeness (QED) is 0.748. The van der Waals surface area contributed by atoms with Crippen LogP contribution in [0.25, 0.3) is 11.1 Å². The van der Waals surface area contributed by atoms with Gasteiger partial charge in [-0.25, -0.2) is 0 Å². The second-order valence-corrected chi connectivity index (χ2v) is 9.36. The summed E-state index contributed by atoms with van der Waals surface area (Å²) in [7, 11) is 3.68. The molecule has 2 aliphatic rings. The minimum absolute atomic E-state index is 0.182. The molecule has 2 fully saturated rings. The SMILES string of the molecule is C[C@@H]1C[C@H]1C(=O)N1CCC(Cc2ccc(-c3ccccc3)cc2)(C(=O)N(C)C)CC1. The maximum Gasteiger partial charge on any atom is 0.228 e. The first-order valence-electron chi connectivity index (χ1n) is 11.0. The Hall–Kier alpha value is -2.62. The van der Waals surface area contributed by atoms with E-state index >= 15 is 0 Å². The molecule has 0 N–H and O–H groups in total. The zero-order valence-corrected chi connectivity index (χ0v) is 18.3. The molecule has 30 heavy (non-hydrogen) atoms. The van der Waals surface area contributed by atoms with Gasteiger partial charge in [0.2, 0.25) is 11.8 Å². The molecule has 1 heterocycles. The van der Waals surface area contributed by atoms with E-state index in [9.17, 15) is 9.59 Å². The van der Waals surface area contributed by atoms with Gasteiger partial charge >= 0.3 is 0 Å². The van der Waals surface area contributed by atoms with Crippen LogP contribution in [0.2, 0.25) is 0 Å². The summed E-state index contributed by atoms with van der Waals surface area (Å²) in [6.07, 6.45) is 3.21. The highest BCUT2D eigenvalue weighted by molar-refractivity contribution is 5.84. The van der Waals surface area contributed by atoms with Crippen molar-refractivity contribution in [1.82, 2.24) is 9.80 Å². The maximum absolute atomic E-state index is 13.2. The van der Waals surface area contributed by atoms with Crippen molar-refractivity contribution in [2.75, 3.05) is 27.2 Å². The van der Waals surface area contributed by atoms with Crippen LogP contribution in [0.5, 0.6) is 0 Å². The Balaban J connectivity index is 1.49. The Morgan fingerprint density at radius 3 is 2.07 bits per heavy atom. The highest BCUT2D eigenvalue weighted by atomic mass is 16.2. The zero-order chi connectivity index (χ0) is 21.3. The fourth-order valence-corrected chi connectivity index (χ4v) is 4.83. The van der Waals surface area contributed by atoms with E-state index in [1.54, 1.807) is 4.90 Å². The van der Waals surface area contributed by atoms with E-state index in [0.29, 0.717) is 24.9 Å². The van der Waals surface area contributed by atoms with Crippen molar-refractivity contribution in [2.24, 2.45) is 17.3 Å². The summed E-state index contributed by atoms with van der Waals surface area (Å²) < 4.78 is 0. The molecule has 4 heteroatoms. The number of hydrogen-bond donors (Lipinski definition) is 0. The van der Waals surface area contributed by atoms with Crippen LogP contribution in [0.4, 0.5) is 0 Å². The van der Waals surface area contributed by atoms with Crippen molar-refractivity contribution < 1.29 is 9.59 Å². The molecule has 1 saturated carbocycles. The lowest BCUT2D eigenvalue weighted by Crippen LogP contribution is -2.51. The number of carbonyl (C=O) groups excluding carboxylic acids is 2. The van der Waals surface area contributed by atoms with E-state index < -0.39 is 5.41 Å². The zero-order valence-electron chi connectivity index (χ0n) is 18.3. The number of benzene rings is 2. The van der Waals surface area contributed by atoms with Crippen molar-refractivity contribution in [1.29, 1.82) is 0 Å². The van der Waals surface area contributed by atoms with Gasteiger partial charge in [0.25, 0.3) is 0 Å². The van der Waals surface area contributed by atoms with Gasteiger partial charge in [0.05, 0.1) is 5.41 Å². The van der Waals surface area contributed by atoms with Gasteiger partial charge in [0.15, 0.2) is 0 Å². The fourth-order valence-electron chi connectivity index (χ4n) is 4.83. The van der Waals surface area contributed by atoms with E-state index in [-0.39, 0.29) is 11.8 Å². The van der Waals surface area contributed by atoms with Crippen LogP contribution >= 0.6 is 0 Å². The molecule has 0 unspecified atom stereocenters. The molecule has 0 radical (unpaired) electrons. The summed E-state index contributed by atoms with van der Waals surface area (Å²) >= 11 is 0. The molecule has 158 valence electrons. The number of piperidine rings is 1. The monoisotopic (exact) mass is 404 g/mol. The Kier molecular flexibility index (Phi) is 5.68. The minimum Gasteiger partial charge on any atom is -0.348 e. The van der Waals surface area contributed by atoms with Crippen LogP contribution in [0.15, 0.2) is 54.6 Å². The van der Waals surface area contributed by atoms with E-state index in [0.717, 1.165) is 25.7 Å². The maximum atomic E-state index is 13.2. The van der Waals surface area contributed by atoms with Crippen molar-refractivity contribution in [3.8, 4) is 11.1 Å². The van der Waals surface area contributed by atoms with Gasteiger partial charge in [0, 0.05) is 33.1 Å². The second kappa shape index (κ2) is 8.25. The number of hydrogen-bond acceptors (Lipinski definition) is 2. The van der Waals surface area contributed by atoms with Gasteiger partial charge in [-0.3, -0.25) is 9.59 Å². The molecule has 1 aliphatic heterocycles. The molecule has 2 aromatic rings. The molecule has 2 amide bonds.